The van der Waals surface area contributed by atoms with Crippen molar-refractivity contribution in [1.29, 1.82) is 0 Å². The van der Waals surface area contributed by atoms with E-state index in [0.29, 0.717) is 11.3 Å². The minimum absolute atomic E-state index is 0.0721. The van der Waals surface area contributed by atoms with Crippen LogP contribution in [0.25, 0.3) is 33.7 Å². The highest BCUT2D eigenvalue weighted by Gasteiger charge is 2.31. The fraction of sp³-hybridized carbons (Fsp3) is 0.167. The molecule has 1 amide bonds. The van der Waals surface area contributed by atoms with Crippen LogP contribution in [-0.4, -0.2) is 38.3 Å². The van der Waals surface area contributed by atoms with Gasteiger partial charge in [-0.2, -0.15) is 24.9 Å². The zero-order chi connectivity index (χ0) is 29.1. The monoisotopic (exact) mass is 579 g/mol. The molecular weight excluding hydrogens is 555 g/mol. The molecule has 0 radical (unpaired) electrons. The number of para-hydroxylation sites is 1. The summed E-state index contributed by atoms with van der Waals surface area (Å²) in [5, 5.41) is 13.1. The molecule has 0 bridgehead atoms. The Labute approximate surface area is 237 Å². The second kappa shape index (κ2) is 11.5. The van der Waals surface area contributed by atoms with Gasteiger partial charge in [-0.3, -0.25) is 4.79 Å². The lowest BCUT2D eigenvalue weighted by atomic mass is 10.1. The molecule has 0 aliphatic heterocycles. The molecule has 0 unspecified atom stereocenters. The number of alkyl halides is 3. The normalized spacial score (nSPS) is 12.4. The number of aryl methyl sites for hydroxylation is 1. The summed E-state index contributed by atoms with van der Waals surface area (Å²) >= 11 is 1.36. The highest BCUT2D eigenvalue weighted by Crippen LogP contribution is 2.36. The molecular formula is C30H24F3N3O4S. The zero-order valence-electron chi connectivity index (χ0n) is 21.7. The first kappa shape index (κ1) is 28.0. The number of carbonyl (C=O) groups excluding carboxylic acids is 1. The number of aliphatic carboxylic acids is 1. The quantitative estimate of drug-likeness (QED) is 0.203. The number of thioether (sulfide) groups is 1. The Morgan fingerprint density at radius 2 is 1.71 bits per heavy atom. The number of amides is 1. The minimum atomic E-state index is -4.52. The predicted molar refractivity (Wildman–Crippen MR) is 150 cm³/mol. The zero-order valence-corrected chi connectivity index (χ0v) is 22.5. The largest absolute Gasteiger partial charge is 0.480 e. The van der Waals surface area contributed by atoms with Gasteiger partial charge in [0.1, 0.15) is 6.04 Å². The maximum Gasteiger partial charge on any atom is 0.416 e. The number of nitrogens with zero attached hydrogens (tertiary/aromatic N) is 2. The van der Waals surface area contributed by atoms with Crippen LogP contribution in [0.5, 0.6) is 0 Å². The van der Waals surface area contributed by atoms with Crippen LogP contribution >= 0.6 is 11.8 Å². The van der Waals surface area contributed by atoms with Gasteiger partial charge in [0, 0.05) is 46.8 Å². The molecule has 0 saturated carbocycles. The third-order valence-corrected chi connectivity index (χ3v) is 7.55. The molecule has 11 heteroatoms. The van der Waals surface area contributed by atoms with Gasteiger partial charge in [-0.05, 0) is 35.9 Å². The first-order chi connectivity index (χ1) is 19.6. The van der Waals surface area contributed by atoms with Crippen molar-refractivity contribution >= 4 is 34.5 Å². The summed E-state index contributed by atoms with van der Waals surface area (Å²) in [4.78, 5) is 29.8. The van der Waals surface area contributed by atoms with E-state index in [9.17, 15) is 27.9 Å². The van der Waals surface area contributed by atoms with E-state index >= 15 is 0 Å². The van der Waals surface area contributed by atoms with Gasteiger partial charge in [-0.1, -0.05) is 48.5 Å². The predicted octanol–water partition coefficient (Wildman–Crippen LogP) is 6.64. The SMILES string of the molecule is Cn1cc(-c2oc(-c3ccc(C(F)(F)F)cc3)nc2C(=O)N[C@@H](CSCc2ccccc2)C(=O)O)c2ccccc21. The topological polar surface area (TPSA) is 97.4 Å². The lowest BCUT2D eigenvalue weighted by Crippen LogP contribution is -2.42. The summed E-state index contributed by atoms with van der Waals surface area (Å²) in [6.07, 6.45) is -2.76. The van der Waals surface area contributed by atoms with Crippen molar-refractivity contribution in [2.75, 3.05) is 5.75 Å². The van der Waals surface area contributed by atoms with Gasteiger partial charge in [0.05, 0.1) is 5.56 Å². The van der Waals surface area contributed by atoms with E-state index in [0.717, 1.165) is 28.6 Å². The lowest BCUT2D eigenvalue weighted by molar-refractivity contribution is -0.139. The Hall–Kier alpha value is -4.51. The second-order valence-electron chi connectivity index (χ2n) is 9.31. The number of carbonyl (C=O) groups is 2. The summed E-state index contributed by atoms with van der Waals surface area (Å²) in [6.45, 7) is 0. The van der Waals surface area contributed by atoms with E-state index in [4.69, 9.17) is 4.42 Å². The molecule has 0 fully saturated rings. The minimum Gasteiger partial charge on any atom is -0.480 e. The van der Waals surface area contributed by atoms with Gasteiger partial charge in [0.2, 0.25) is 5.89 Å². The van der Waals surface area contributed by atoms with Crippen LogP contribution in [0.15, 0.2) is 89.5 Å². The number of carboxylic acids is 1. The highest BCUT2D eigenvalue weighted by molar-refractivity contribution is 7.98. The van der Waals surface area contributed by atoms with E-state index in [1.54, 1.807) is 6.20 Å². The molecule has 41 heavy (non-hydrogen) atoms. The van der Waals surface area contributed by atoms with Crippen molar-refractivity contribution in [3.8, 4) is 22.8 Å². The number of aromatic nitrogens is 2. The van der Waals surface area contributed by atoms with Crippen molar-refractivity contribution in [3.63, 3.8) is 0 Å². The third kappa shape index (κ3) is 6.14. The molecule has 0 saturated heterocycles. The Morgan fingerprint density at radius 1 is 1.02 bits per heavy atom. The molecule has 2 N–H and O–H groups in total. The summed E-state index contributed by atoms with van der Waals surface area (Å²) in [7, 11) is 1.82. The molecule has 0 aliphatic rings. The van der Waals surface area contributed by atoms with Crippen molar-refractivity contribution < 1.29 is 32.3 Å². The fourth-order valence-corrected chi connectivity index (χ4v) is 5.38. The van der Waals surface area contributed by atoms with Gasteiger partial charge >= 0.3 is 12.1 Å². The van der Waals surface area contributed by atoms with E-state index in [2.05, 4.69) is 10.3 Å². The van der Waals surface area contributed by atoms with Crippen molar-refractivity contribution in [2.24, 2.45) is 7.05 Å². The highest BCUT2D eigenvalue weighted by atomic mass is 32.2. The van der Waals surface area contributed by atoms with Crippen LogP contribution in [0.3, 0.4) is 0 Å². The first-order valence-corrected chi connectivity index (χ1v) is 13.7. The Balaban J connectivity index is 1.48. The Kier molecular flexibility index (Phi) is 7.89. The number of hydrogen-bond acceptors (Lipinski definition) is 5. The van der Waals surface area contributed by atoms with E-state index < -0.39 is 29.7 Å². The molecule has 3 aromatic carbocycles. The molecule has 2 aromatic heterocycles. The van der Waals surface area contributed by atoms with Gasteiger partial charge in [-0.15, -0.1) is 0 Å². The van der Waals surface area contributed by atoms with Crippen molar-refractivity contribution in [2.45, 2.75) is 18.0 Å². The summed E-state index contributed by atoms with van der Waals surface area (Å²) < 4.78 is 47.1. The Morgan fingerprint density at radius 3 is 2.39 bits per heavy atom. The third-order valence-electron chi connectivity index (χ3n) is 6.44. The van der Waals surface area contributed by atoms with Crippen LogP contribution in [0.1, 0.15) is 21.6 Å². The number of halogens is 3. The molecule has 0 spiro atoms. The average molecular weight is 580 g/mol. The molecule has 1 atom stereocenters. The number of carboxylic acid groups (broad SMARTS) is 1. The van der Waals surface area contributed by atoms with Gasteiger partial charge in [0.25, 0.3) is 5.91 Å². The van der Waals surface area contributed by atoms with Crippen LogP contribution < -0.4 is 5.32 Å². The van der Waals surface area contributed by atoms with Gasteiger partial charge in [0.15, 0.2) is 11.5 Å². The van der Waals surface area contributed by atoms with Crippen LogP contribution in [0.4, 0.5) is 13.2 Å². The summed E-state index contributed by atoms with van der Waals surface area (Å²) in [6, 6.07) is 19.9. The summed E-state index contributed by atoms with van der Waals surface area (Å²) in [5.74, 6) is -1.32. The molecule has 5 aromatic rings. The van der Waals surface area contributed by atoms with Crippen molar-refractivity contribution in [3.05, 3.63) is 102 Å². The van der Waals surface area contributed by atoms with Crippen LogP contribution in [0.2, 0.25) is 0 Å². The average Bonchev–Trinajstić information content (AvgIpc) is 3.54. The summed E-state index contributed by atoms with van der Waals surface area (Å²) in [5.41, 5.74) is 1.62. The number of oxazole rings is 1. The van der Waals surface area contributed by atoms with Gasteiger partial charge < -0.3 is 19.4 Å². The maximum atomic E-state index is 13.5. The Bertz CT molecular complexity index is 1700. The second-order valence-corrected chi connectivity index (χ2v) is 10.3. The van der Waals surface area contributed by atoms with Crippen LogP contribution in [-0.2, 0) is 23.8 Å². The lowest BCUT2D eigenvalue weighted by Gasteiger charge is -2.14. The number of rotatable bonds is 9. The molecule has 7 nitrogen and oxygen atoms in total. The first-order valence-electron chi connectivity index (χ1n) is 12.5. The molecule has 2 heterocycles. The standard InChI is InChI=1S/C30H24F3N3O4S/c1-36-15-22(21-9-5-6-10-24(21)36)26-25(35-28(40-26)19-11-13-20(14-12-19)30(31,32)33)27(37)34-23(29(38)39)17-41-16-18-7-3-2-4-8-18/h2-15,23H,16-17H2,1H3,(H,34,37)(H,38,39)/t23-/m0/s1. The van der Waals surface area contributed by atoms with E-state index in [-0.39, 0.29) is 28.7 Å². The molecule has 5 rings (SSSR count). The number of hydrogen-bond donors (Lipinski definition) is 2. The van der Waals surface area contributed by atoms with Crippen LogP contribution in [0, 0.1) is 0 Å². The van der Waals surface area contributed by atoms with E-state index in [1.165, 1.54) is 23.9 Å². The number of fused-ring (bicyclic) bond motifs is 1. The number of benzene rings is 3. The number of nitrogens with one attached hydrogen (secondary N) is 1. The molecule has 0 aliphatic carbocycles. The van der Waals surface area contributed by atoms with Crippen molar-refractivity contribution in [1.82, 2.24) is 14.9 Å². The fourth-order valence-electron chi connectivity index (χ4n) is 4.37. The smallest absolute Gasteiger partial charge is 0.416 e. The maximum absolute atomic E-state index is 13.5. The van der Waals surface area contributed by atoms with Gasteiger partial charge in [-0.25, -0.2) is 9.78 Å². The molecule has 210 valence electrons. The van der Waals surface area contributed by atoms with E-state index in [1.807, 2.05) is 66.2 Å².